The van der Waals surface area contributed by atoms with Crippen LogP contribution in [0.2, 0.25) is 0 Å². The van der Waals surface area contributed by atoms with Crippen molar-refractivity contribution in [2.45, 2.75) is 33.0 Å². The average Bonchev–Trinajstić information content (AvgIpc) is 2.27. The molecule has 2 unspecified atom stereocenters. The van der Waals surface area contributed by atoms with E-state index in [9.17, 15) is 5.26 Å². The highest BCUT2D eigenvalue weighted by Gasteiger charge is 2.24. The molecule has 1 aliphatic rings. The predicted octanol–water partition coefficient (Wildman–Crippen LogP) is 2.48. The molecule has 0 bridgehead atoms. The lowest BCUT2D eigenvalue weighted by atomic mass is 10.1. The summed E-state index contributed by atoms with van der Waals surface area (Å²) < 4.78 is 5.73. The zero-order valence-corrected chi connectivity index (χ0v) is 10.6. The fourth-order valence-corrected chi connectivity index (χ4v) is 2.53. The van der Waals surface area contributed by atoms with Gasteiger partial charge >= 0.3 is 0 Å². The third-order valence-electron chi connectivity index (χ3n) is 3.09. The van der Waals surface area contributed by atoms with Gasteiger partial charge in [0.2, 0.25) is 0 Å². The first-order valence-electron chi connectivity index (χ1n) is 6.02. The SMILES string of the molecule is Cc1cccc(C#N)c1N1CC(C)OC(C)C1. The van der Waals surface area contributed by atoms with E-state index in [0.717, 1.165) is 29.9 Å². The lowest BCUT2D eigenvalue weighted by Gasteiger charge is -2.38. The van der Waals surface area contributed by atoms with Crippen LogP contribution in [0.25, 0.3) is 0 Å². The highest BCUT2D eigenvalue weighted by molar-refractivity contribution is 5.64. The second kappa shape index (κ2) is 4.77. The highest BCUT2D eigenvalue weighted by Crippen LogP contribution is 2.27. The Morgan fingerprint density at radius 3 is 2.53 bits per heavy atom. The minimum Gasteiger partial charge on any atom is -0.372 e. The smallest absolute Gasteiger partial charge is 0.101 e. The zero-order chi connectivity index (χ0) is 12.4. The van der Waals surface area contributed by atoms with Crippen molar-refractivity contribution in [2.24, 2.45) is 0 Å². The first kappa shape index (κ1) is 11.9. The second-order valence-electron chi connectivity index (χ2n) is 4.75. The Labute approximate surface area is 103 Å². The summed E-state index contributed by atoms with van der Waals surface area (Å²) in [5.41, 5.74) is 2.98. The van der Waals surface area contributed by atoms with Gasteiger partial charge in [0, 0.05) is 13.1 Å². The fraction of sp³-hybridized carbons (Fsp3) is 0.500. The summed E-state index contributed by atoms with van der Waals surface area (Å²) in [6.45, 7) is 7.91. The van der Waals surface area contributed by atoms with E-state index in [-0.39, 0.29) is 12.2 Å². The molecule has 1 fully saturated rings. The van der Waals surface area contributed by atoms with E-state index >= 15 is 0 Å². The number of morpholine rings is 1. The number of ether oxygens (including phenoxy) is 1. The quantitative estimate of drug-likeness (QED) is 0.743. The zero-order valence-electron chi connectivity index (χ0n) is 10.6. The number of para-hydroxylation sites is 1. The monoisotopic (exact) mass is 230 g/mol. The van der Waals surface area contributed by atoms with Gasteiger partial charge in [-0.25, -0.2) is 0 Å². The van der Waals surface area contributed by atoms with Gasteiger partial charge in [-0.3, -0.25) is 0 Å². The molecule has 1 heterocycles. The Kier molecular flexibility index (Phi) is 3.35. The normalized spacial score (nSPS) is 24.5. The molecule has 0 aromatic heterocycles. The van der Waals surface area contributed by atoms with Gasteiger partial charge in [0.15, 0.2) is 0 Å². The molecule has 2 rings (SSSR count). The molecule has 0 spiro atoms. The van der Waals surface area contributed by atoms with Crippen LogP contribution < -0.4 is 4.90 Å². The third kappa shape index (κ3) is 2.42. The van der Waals surface area contributed by atoms with Crippen LogP contribution in [-0.4, -0.2) is 25.3 Å². The number of aryl methyl sites for hydroxylation is 1. The molecule has 1 aromatic carbocycles. The van der Waals surface area contributed by atoms with E-state index in [0.29, 0.717) is 0 Å². The van der Waals surface area contributed by atoms with Crippen molar-refractivity contribution < 1.29 is 4.74 Å². The van der Waals surface area contributed by atoms with Crippen molar-refractivity contribution in [3.63, 3.8) is 0 Å². The maximum atomic E-state index is 9.20. The maximum Gasteiger partial charge on any atom is 0.101 e. The first-order chi connectivity index (χ1) is 8.11. The Morgan fingerprint density at radius 1 is 1.29 bits per heavy atom. The first-order valence-corrected chi connectivity index (χ1v) is 6.02. The van der Waals surface area contributed by atoms with Crippen molar-refractivity contribution >= 4 is 5.69 Å². The Bertz CT molecular complexity index is 440. The average molecular weight is 230 g/mol. The van der Waals surface area contributed by atoms with Crippen LogP contribution in [0.3, 0.4) is 0 Å². The van der Waals surface area contributed by atoms with E-state index in [1.807, 2.05) is 12.1 Å². The number of rotatable bonds is 1. The van der Waals surface area contributed by atoms with Crippen LogP contribution in [0.5, 0.6) is 0 Å². The van der Waals surface area contributed by atoms with E-state index in [4.69, 9.17) is 4.74 Å². The van der Waals surface area contributed by atoms with Crippen molar-refractivity contribution in [1.29, 1.82) is 5.26 Å². The molecule has 3 heteroatoms. The Balaban J connectivity index is 2.36. The van der Waals surface area contributed by atoms with Crippen LogP contribution in [0.1, 0.15) is 25.0 Å². The molecule has 1 aromatic rings. The van der Waals surface area contributed by atoms with Gasteiger partial charge in [-0.1, -0.05) is 12.1 Å². The summed E-state index contributed by atoms with van der Waals surface area (Å²) in [5, 5.41) is 9.20. The Hall–Kier alpha value is -1.53. The maximum absolute atomic E-state index is 9.20. The lowest BCUT2D eigenvalue weighted by Crippen LogP contribution is -2.46. The Morgan fingerprint density at radius 2 is 1.94 bits per heavy atom. The standard InChI is InChI=1S/C14H18N2O/c1-10-5-4-6-13(7-15)14(10)16-8-11(2)17-12(3)9-16/h4-6,11-12H,8-9H2,1-3H3. The summed E-state index contributed by atoms with van der Waals surface area (Å²) >= 11 is 0. The van der Waals surface area contributed by atoms with Crippen LogP contribution in [0.4, 0.5) is 5.69 Å². The van der Waals surface area contributed by atoms with Gasteiger partial charge < -0.3 is 9.64 Å². The van der Waals surface area contributed by atoms with E-state index in [2.05, 4.69) is 37.8 Å². The number of nitriles is 1. The fourth-order valence-electron chi connectivity index (χ4n) is 2.53. The summed E-state index contributed by atoms with van der Waals surface area (Å²) in [7, 11) is 0. The molecule has 3 nitrogen and oxygen atoms in total. The predicted molar refractivity (Wildman–Crippen MR) is 68.1 cm³/mol. The molecular weight excluding hydrogens is 212 g/mol. The van der Waals surface area contributed by atoms with Crippen LogP contribution in [0, 0.1) is 18.3 Å². The van der Waals surface area contributed by atoms with Crippen molar-refractivity contribution in [2.75, 3.05) is 18.0 Å². The number of nitrogens with zero attached hydrogens (tertiary/aromatic N) is 2. The lowest BCUT2D eigenvalue weighted by molar-refractivity contribution is -0.00525. The van der Waals surface area contributed by atoms with E-state index in [1.54, 1.807) is 0 Å². The molecule has 0 amide bonds. The minimum absolute atomic E-state index is 0.213. The van der Waals surface area contributed by atoms with Crippen LogP contribution >= 0.6 is 0 Å². The second-order valence-corrected chi connectivity index (χ2v) is 4.75. The molecule has 0 N–H and O–H groups in total. The third-order valence-corrected chi connectivity index (χ3v) is 3.09. The molecule has 1 aliphatic heterocycles. The van der Waals surface area contributed by atoms with Gasteiger partial charge in [-0.05, 0) is 32.4 Å². The summed E-state index contributed by atoms with van der Waals surface area (Å²) in [4.78, 5) is 2.27. The number of anilines is 1. The van der Waals surface area contributed by atoms with Gasteiger partial charge in [-0.2, -0.15) is 5.26 Å². The number of hydrogen-bond donors (Lipinski definition) is 0. The highest BCUT2D eigenvalue weighted by atomic mass is 16.5. The van der Waals surface area contributed by atoms with Gasteiger partial charge in [0.1, 0.15) is 6.07 Å². The van der Waals surface area contributed by atoms with Gasteiger partial charge in [-0.15, -0.1) is 0 Å². The van der Waals surface area contributed by atoms with Gasteiger partial charge in [0.05, 0.1) is 23.5 Å². The molecular formula is C14H18N2O. The van der Waals surface area contributed by atoms with E-state index < -0.39 is 0 Å². The van der Waals surface area contributed by atoms with Gasteiger partial charge in [0.25, 0.3) is 0 Å². The van der Waals surface area contributed by atoms with Crippen molar-refractivity contribution in [1.82, 2.24) is 0 Å². The van der Waals surface area contributed by atoms with E-state index in [1.165, 1.54) is 0 Å². The largest absolute Gasteiger partial charge is 0.372 e. The molecule has 0 aliphatic carbocycles. The minimum atomic E-state index is 0.213. The summed E-state index contributed by atoms with van der Waals surface area (Å²) in [6, 6.07) is 8.15. The molecule has 1 saturated heterocycles. The summed E-state index contributed by atoms with van der Waals surface area (Å²) in [6.07, 6.45) is 0.426. The molecule has 0 radical (unpaired) electrons. The summed E-state index contributed by atoms with van der Waals surface area (Å²) in [5.74, 6) is 0. The molecule has 17 heavy (non-hydrogen) atoms. The van der Waals surface area contributed by atoms with Crippen molar-refractivity contribution in [3.05, 3.63) is 29.3 Å². The molecule has 0 saturated carbocycles. The topological polar surface area (TPSA) is 36.3 Å². The van der Waals surface area contributed by atoms with Crippen molar-refractivity contribution in [3.8, 4) is 6.07 Å². The van der Waals surface area contributed by atoms with Crippen LogP contribution in [-0.2, 0) is 4.74 Å². The molecule has 2 atom stereocenters. The number of benzene rings is 1. The molecule has 90 valence electrons. The van der Waals surface area contributed by atoms with Crippen LogP contribution in [0.15, 0.2) is 18.2 Å². The number of hydrogen-bond acceptors (Lipinski definition) is 3.